The molecule has 0 amide bonds. The summed E-state index contributed by atoms with van der Waals surface area (Å²) in [5, 5.41) is 14.2. The van der Waals surface area contributed by atoms with Gasteiger partial charge in [-0.2, -0.15) is 0 Å². The van der Waals surface area contributed by atoms with Crippen LogP contribution in [0.4, 0.5) is 0 Å². The summed E-state index contributed by atoms with van der Waals surface area (Å²) in [6, 6.07) is 5.16. The van der Waals surface area contributed by atoms with Gasteiger partial charge in [0.25, 0.3) is 0 Å². The minimum absolute atomic E-state index is 0. The lowest BCUT2D eigenvalue weighted by Crippen LogP contribution is -2.60. The standard InChI is InChI=1S/C21H35N7OS.HI/c1-16-14-27(15-17(2)28(16)10-11-29-5)21(22-9-8-19-7-6-12-30-19)23-13-20-25-24-18(3)26(20)4;/h6-7,12,16-17H,8-11,13-15H2,1-5H3,(H,22,23);1H. The van der Waals surface area contributed by atoms with Crippen molar-refractivity contribution < 1.29 is 4.74 Å². The summed E-state index contributed by atoms with van der Waals surface area (Å²) in [7, 11) is 3.75. The van der Waals surface area contributed by atoms with Crippen LogP contribution in [0.15, 0.2) is 22.5 Å². The van der Waals surface area contributed by atoms with Crippen LogP contribution in [0.3, 0.4) is 0 Å². The molecule has 1 aliphatic rings. The van der Waals surface area contributed by atoms with E-state index in [1.165, 1.54) is 4.88 Å². The molecule has 1 fully saturated rings. The molecule has 3 heterocycles. The van der Waals surface area contributed by atoms with E-state index >= 15 is 0 Å². The van der Waals surface area contributed by atoms with Crippen LogP contribution in [-0.4, -0.2) is 82.5 Å². The largest absolute Gasteiger partial charge is 0.383 e. The van der Waals surface area contributed by atoms with Gasteiger partial charge in [-0.1, -0.05) is 6.07 Å². The first kappa shape index (κ1) is 26.0. The Morgan fingerprint density at radius 1 is 1.29 bits per heavy atom. The molecular formula is C21H36IN7OS. The Kier molecular flexibility index (Phi) is 10.7. The van der Waals surface area contributed by atoms with Gasteiger partial charge in [0, 0.05) is 57.3 Å². The molecule has 31 heavy (non-hydrogen) atoms. The number of nitrogens with one attached hydrogen (secondary N) is 1. The van der Waals surface area contributed by atoms with Gasteiger partial charge >= 0.3 is 0 Å². The van der Waals surface area contributed by atoms with Crippen molar-refractivity contribution in [1.29, 1.82) is 0 Å². The van der Waals surface area contributed by atoms with Crippen molar-refractivity contribution in [3.05, 3.63) is 34.0 Å². The van der Waals surface area contributed by atoms with Crippen LogP contribution in [0.2, 0.25) is 0 Å². The highest BCUT2D eigenvalue weighted by Crippen LogP contribution is 2.16. The molecule has 0 spiro atoms. The molecule has 1 N–H and O–H groups in total. The normalized spacial score (nSPS) is 20.0. The number of piperazine rings is 1. The summed E-state index contributed by atoms with van der Waals surface area (Å²) in [6.45, 7) is 11.5. The fourth-order valence-electron chi connectivity index (χ4n) is 3.92. The van der Waals surface area contributed by atoms with Crippen LogP contribution >= 0.6 is 35.3 Å². The minimum atomic E-state index is 0. The second-order valence-corrected chi connectivity index (χ2v) is 8.98. The van der Waals surface area contributed by atoms with Crippen LogP contribution in [0.25, 0.3) is 0 Å². The van der Waals surface area contributed by atoms with Crippen molar-refractivity contribution in [1.82, 2.24) is 29.9 Å². The number of thiophene rings is 1. The van der Waals surface area contributed by atoms with E-state index in [-0.39, 0.29) is 24.0 Å². The quantitative estimate of drug-likeness (QED) is 0.304. The topological polar surface area (TPSA) is 70.8 Å². The molecule has 10 heteroatoms. The highest BCUT2D eigenvalue weighted by Gasteiger charge is 2.30. The van der Waals surface area contributed by atoms with Crippen molar-refractivity contribution in [2.45, 2.75) is 45.8 Å². The van der Waals surface area contributed by atoms with Gasteiger partial charge in [0.15, 0.2) is 11.8 Å². The first-order valence-electron chi connectivity index (χ1n) is 10.6. The van der Waals surface area contributed by atoms with E-state index < -0.39 is 0 Å². The number of aromatic nitrogens is 3. The first-order valence-corrected chi connectivity index (χ1v) is 11.5. The molecule has 2 aromatic heterocycles. The molecular weight excluding hydrogens is 525 g/mol. The summed E-state index contributed by atoms with van der Waals surface area (Å²) >= 11 is 1.80. The zero-order valence-electron chi connectivity index (χ0n) is 19.2. The molecule has 3 rings (SSSR count). The van der Waals surface area contributed by atoms with E-state index in [1.807, 2.05) is 18.5 Å². The third kappa shape index (κ3) is 7.13. The molecule has 1 saturated heterocycles. The molecule has 174 valence electrons. The maximum absolute atomic E-state index is 5.30. The van der Waals surface area contributed by atoms with Gasteiger partial charge in [-0.05, 0) is 38.6 Å². The molecule has 8 nitrogen and oxygen atoms in total. The number of halogens is 1. The average molecular weight is 562 g/mol. The van der Waals surface area contributed by atoms with Crippen molar-refractivity contribution in [2.75, 3.05) is 39.9 Å². The molecule has 0 saturated carbocycles. The summed E-state index contributed by atoms with van der Waals surface area (Å²) in [5.74, 6) is 2.74. The molecule has 1 aliphatic heterocycles. The molecule has 2 unspecified atom stereocenters. The number of nitrogens with zero attached hydrogens (tertiary/aromatic N) is 6. The van der Waals surface area contributed by atoms with Crippen LogP contribution in [-0.2, 0) is 24.8 Å². The summed E-state index contributed by atoms with van der Waals surface area (Å²) < 4.78 is 7.30. The number of guanidine groups is 1. The second-order valence-electron chi connectivity index (χ2n) is 7.95. The van der Waals surface area contributed by atoms with Gasteiger partial charge < -0.3 is 19.5 Å². The van der Waals surface area contributed by atoms with E-state index in [2.05, 4.69) is 56.7 Å². The lowest BCUT2D eigenvalue weighted by molar-refractivity contribution is 0.0443. The Bertz CT molecular complexity index is 799. The SMILES string of the molecule is COCCN1C(C)CN(C(=NCc2nnc(C)n2C)NCCc2cccs2)CC1C.I. The number of aliphatic imine (C=N–C) groups is 1. The Hall–Kier alpha value is -1.24. The monoisotopic (exact) mass is 561 g/mol. The summed E-state index contributed by atoms with van der Waals surface area (Å²) in [6.07, 6.45) is 0.999. The number of hydrogen-bond donors (Lipinski definition) is 1. The second kappa shape index (κ2) is 12.7. The number of aryl methyl sites for hydroxylation is 1. The molecule has 0 aliphatic carbocycles. The van der Waals surface area contributed by atoms with E-state index in [4.69, 9.17) is 9.73 Å². The van der Waals surface area contributed by atoms with Crippen LogP contribution in [0.1, 0.15) is 30.4 Å². The van der Waals surface area contributed by atoms with Gasteiger partial charge in [-0.25, -0.2) is 4.99 Å². The fraction of sp³-hybridized carbons (Fsp3) is 0.667. The van der Waals surface area contributed by atoms with E-state index in [0.717, 1.165) is 56.8 Å². The highest BCUT2D eigenvalue weighted by molar-refractivity contribution is 14.0. The zero-order chi connectivity index (χ0) is 21.5. The number of ether oxygens (including phenoxy) is 1. The number of hydrogen-bond acceptors (Lipinski definition) is 6. The lowest BCUT2D eigenvalue weighted by Gasteiger charge is -2.45. The van der Waals surface area contributed by atoms with E-state index in [0.29, 0.717) is 18.6 Å². The van der Waals surface area contributed by atoms with Gasteiger partial charge in [-0.3, -0.25) is 4.90 Å². The summed E-state index contributed by atoms with van der Waals surface area (Å²) in [4.78, 5) is 11.2. The Balaban J connectivity index is 0.00000341. The van der Waals surface area contributed by atoms with Gasteiger partial charge in [0.2, 0.25) is 0 Å². The van der Waals surface area contributed by atoms with Crippen molar-refractivity contribution in [3.8, 4) is 0 Å². The molecule has 2 atom stereocenters. The highest BCUT2D eigenvalue weighted by atomic mass is 127. The molecule has 2 aromatic rings. The van der Waals surface area contributed by atoms with E-state index in [9.17, 15) is 0 Å². The molecule has 0 bridgehead atoms. The Morgan fingerprint density at radius 2 is 2.03 bits per heavy atom. The number of rotatable bonds is 8. The number of methoxy groups -OCH3 is 1. The predicted octanol–water partition coefficient (Wildman–Crippen LogP) is 2.53. The average Bonchev–Trinajstić information content (AvgIpc) is 3.35. The van der Waals surface area contributed by atoms with Crippen LogP contribution in [0, 0.1) is 6.92 Å². The van der Waals surface area contributed by atoms with Crippen molar-refractivity contribution in [3.63, 3.8) is 0 Å². The van der Waals surface area contributed by atoms with Crippen molar-refractivity contribution >= 4 is 41.3 Å². The summed E-state index contributed by atoms with van der Waals surface area (Å²) in [5.41, 5.74) is 0. The fourth-order valence-corrected chi connectivity index (χ4v) is 4.63. The lowest BCUT2D eigenvalue weighted by atomic mass is 10.1. The van der Waals surface area contributed by atoms with Gasteiger partial charge in [0.1, 0.15) is 12.4 Å². The minimum Gasteiger partial charge on any atom is -0.383 e. The van der Waals surface area contributed by atoms with E-state index in [1.54, 1.807) is 18.4 Å². The third-order valence-electron chi connectivity index (χ3n) is 5.74. The molecule has 0 aromatic carbocycles. The predicted molar refractivity (Wildman–Crippen MR) is 137 cm³/mol. The van der Waals surface area contributed by atoms with Crippen molar-refractivity contribution in [2.24, 2.45) is 12.0 Å². The van der Waals surface area contributed by atoms with Crippen LogP contribution in [0.5, 0.6) is 0 Å². The molecule has 0 radical (unpaired) electrons. The Morgan fingerprint density at radius 3 is 2.61 bits per heavy atom. The maximum Gasteiger partial charge on any atom is 0.194 e. The first-order chi connectivity index (χ1) is 14.5. The van der Waals surface area contributed by atoms with Gasteiger partial charge in [0.05, 0.1) is 6.61 Å². The Labute approximate surface area is 207 Å². The van der Waals surface area contributed by atoms with Crippen LogP contribution < -0.4 is 5.32 Å². The smallest absolute Gasteiger partial charge is 0.194 e. The van der Waals surface area contributed by atoms with Gasteiger partial charge in [-0.15, -0.1) is 45.5 Å². The maximum atomic E-state index is 5.30. The zero-order valence-corrected chi connectivity index (χ0v) is 22.4. The third-order valence-corrected chi connectivity index (χ3v) is 6.68.